The summed E-state index contributed by atoms with van der Waals surface area (Å²) in [5.74, 6) is 0.529. The van der Waals surface area contributed by atoms with Crippen LogP contribution in [0.25, 0.3) is 0 Å². The Labute approximate surface area is 145 Å². The largest absolute Gasteiger partial charge is 0.367 e. The molecule has 134 valence electrons. The number of hydrogen-bond donors (Lipinski definition) is 0. The number of benzene rings is 1. The van der Waals surface area contributed by atoms with Crippen LogP contribution in [0.3, 0.4) is 0 Å². The number of rotatable bonds is 8. The van der Waals surface area contributed by atoms with Crippen LogP contribution in [0, 0.1) is 11.8 Å². The van der Waals surface area contributed by atoms with E-state index >= 15 is 0 Å². The molecule has 1 saturated carbocycles. The van der Waals surface area contributed by atoms with E-state index < -0.39 is 12.5 Å². The third-order valence-electron chi connectivity index (χ3n) is 5.00. The molecule has 1 aromatic carbocycles. The van der Waals surface area contributed by atoms with Crippen molar-refractivity contribution in [3.63, 3.8) is 0 Å². The van der Waals surface area contributed by atoms with Crippen LogP contribution in [-0.2, 0) is 17.8 Å². The summed E-state index contributed by atoms with van der Waals surface area (Å²) in [7, 11) is 0. The number of aryl methyl sites for hydroxylation is 1. The summed E-state index contributed by atoms with van der Waals surface area (Å²) in [6.45, 7) is 4.44. The van der Waals surface area contributed by atoms with Gasteiger partial charge in [0.25, 0.3) is 6.43 Å². The molecule has 0 amide bonds. The Hall–Kier alpha value is -1.22. The van der Waals surface area contributed by atoms with Crippen LogP contribution in [0.2, 0.25) is 0 Å². The maximum absolute atomic E-state index is 13.5. The highest BCUT2D eigenvalue weighted by Gasteiger charge is 2.33. The van der Waals surface area contributed by atoms with Crippen LogP contribution < -0.4 is 0 Å². The van der Waals surface area contributed by atoms with E-state index in [4.69, 9.17) is 4.74 Å². The minimum atomic E-state index is -2.41. The second-order valence-electron chi connectivity index (χ2n) is 6.88. The van der Waals surface area contributed by atoms with Crippen molar-refractivity contribution in [2.45, 2.75) is 71.5 Å². The Kier molecular flexibility index (Phi) is 7.90. The monoisotopic (exact) mass is 336 g/mol. The molecule has 3 heteroatoms. The molecule has 0 radical (unpaired) electrons. The number of halogens is 2. The quantitative estimate of drug-likeness (QED) is 0.516. The summed E-state index contributed by atoms with van der Waals surface area (Å²) in [6.07, 6.45) is 6.73. The molecule has 1 fully saturated rings. The van der Waals surface area contributed by atoms with Gasteiger partial charge < -0.3 is 4.74 Å². The van der Waals surface area contributed by atoms with E-state index in [1.165, 1.54) is 5.56 Å². The second kappa shape index (κ2) is 9.93. The Bertz CT molecular complexity index is 487. The second-order valence-corrected chi connectivity index (χ2v) is 6.88. The predicted octanol–water partition coefficient (Wildman–Crippen LogP) is 6.17. The van der Waals surface area contributed by atoms with E-state index in [9.17, 15) is 8.78 Å². The van der Waals surface area contributed by atoms with Crippen molar-refractivity contribution in [2.24, 2.45) is 11.8 Å². The predicted molar refractivity (Wildman–Crippen MR) is 95.3 cm³/mol. The average molecular weight is 336 g/mol. The molecule has 0 aliphatic heterocycles. The van der Waals surface area contributed by atoms with Crippen LogP contribution in [0.4, 0.5) is 8.78 Å². The van der Waals surface area contributed by atoms with Crippen molar-refractivity contribution in [1.82, 2.24) is 0 Å². The maximum atomic E-state index is 13.5. The Morgan fingerprint density at radius 3 is 2.25 bits per heavy atom. The molecule has 1 aromatic rings. The Morgan fingerprint density at radius 2 is 1.71 bits per heavy atom. The van der Waals surface area contributed by atoms with Gasteiger partial charge in [0, 0.05) is 0 Å². The first-order chi connectivity index (χ1) is 11.6. The SMILES string of the molecule is C/C=C/C1CCC(C(OCc2ccc(CCC)cc2)C(F)F)CC1. The van der Waals surface area contributed by atoms with Crippen molar-refractivity contribution in [3.8, 4) is 0 Å². The summed E-state index contributed by atoms with van der Waals surface area (Å²) in [6, 6.07) is 8.14. The van der Waals surface area contributed by atoms with Gasteiger partial charge in [-0.1, -0.05) is 49.8 Å². The molecule has 0 saturated heterocycles. The van der Waals surface area contributed by atoms with Gasteiger partial charge >= 0.3 is 0 Å². The smallest absolute Gasteiger partial charge is 0.264 e. The third-order valence-corrected chi connectivity index (χ3v) is 5.00. The van der Waals surface area contributed by atoms with E-state index in [0.717, 1.165) is 44.1 Å². The fourth-order valence-corrected chi connectivity index (χ4v) is 3.64. The lowest BCUT2D eigenvalue weighted by atomic mass is 9.79. The minimum Gasteiger partial charge on any atom is -0.367 e. The van der Waals surface area contributed by atoms with Gasteiger partial charge in [-0.15, -0.1) is 0 Å². The molecule has 0 bridgehead atoms. The fraction of sp³-hybridized carbons (Fsp3) is 0.619. The van der Waals surface area contributed by atoms with Crippen molar-refractivity contribution in [3.05, 3.63) is 47.5 Å². The summed E-state index contributed by atoms with van der Waals surface area (Å²) < 4.78 is 32.6. The normalized spacial score (nSPS) is 23.0. The lowest BCUT2D eigenvalue weighted by Gasteiger charge is -2.32. The van der Waals surface area contributed by atoms with Crippen molar-refractivity contribution in [1.29, 1.82) is 0 Å². The van der Waals surface area contributed by atoms with Gasteiger partial charge in [0.05, 0.1) is 6.61 Å². The zero-order valence-electron chi connectivity index (χ0n) is 14.9. The van der Waals surface area contributed by atoms with Crippen molar-refractivity contribution >= 4 is 0 Å². The third kappa shape index (κ3) is 5.70. The van der Waals surface area contributed by atoms with E-state index in [1.54, 1.807) is 0 Å². The van der Waals surface area contributed by atoms with Crippen LogP contribution >= 0.6 is 0 Å². The molecule has 24 heavy (non-hydrogen) atoms. The van der Waals surface area contributed by atoms with E-state index in [2.05, 4.69) is 31.2 Å². The average Bonchev–Trinajstić information content (AvgIpc) is 2.58. The zero-order valence-corrected chi connectivity index (χ0v) is 14.9. The van der Waals surface area contributed by atoms with Gasteiger partial charge in [-0.05, 0) is 62.0 Å². The Morgan fingerprint density at radius 1 is 1.08 bits per heavy atom. The molecule has 2 rings (SSSR count). The zero-order chi connectivity index (χ0) is 17.4. The molecule has 1 unspecified atom stereocenters. The summed E-state index contributed by atoms with van der Waals surface area (Å²) in [5.41, 5.74) is 2.26. The molecule has 0 aromatic heterocycles. The van der Waals surface area contributed by atoms with Crippen LogP contribution in [0.1, 0.15) is 57.1 Å². The lowest BCUT2D eigenvalue weighted by molar-refractivity contribution is -0.101. The van der Waals surface area contributed by atoms with Gasteiger partial charge in [0.1, 0.15) is 6.10 Å². The highest BCUT2D eigenvalue weighted by atomic mass is 19.3. The van der Waals surface area contributed by atoms with E-state index in [1.807, 2.05) is 19.1 Å². The van der Waals surface area contributed by atoms with Gasteiger partial charge in [-0.25, -0.2) is 8.78 Å². The summed E-state index contributed by atoms with van der Waals surface area (Å²) in [4.78, 5) is 0. The van der Waals surface area contributed by atoms with Gasteiger partial charge in [-0.2, -0.15) is 0 Å². The van der Waals surface area contributed by atoms with Crippen LogP contribution in [0.15, 0.2) is 36.4 Å². The fourth-order valence-electron chi connectivity index (χ4n) is 3.64. The molecule has 0 heterocycles. The number of hydrogen-bond acceptors (Lipinski definition) is 1. The number of alkyl halides is 2. The first-order valence-corrected chi connectivity index (χ1v) is 9.24. The van der Waals surface area contributed by atoms with E-state index in [-0.39, 0.29) is 12.5 Å². The molecule has 1 aliphatic rings. The standard InChI is InChI=1S/C21H30F2O/c1-3-5-16-7-9-18(10-8-16)15-24-20(21(22)23)19-13-11-17(6-4-2)12-14-19/h4,6-10,17,19-21H,3,5,11-15H2,1-2H3/b6-4+. The van der Waals surface area contributed by atoms with Crippen molar-refractivity contribution in [2.75, 3.05) is 0 Å². The lowest BCUT2D eigenvalue weighted by Crippen LogP contribution is -2.33. The molecule has 1 nitrogen and oxygen atoms in total. The molecule has 1 aliphatic carbocycles. The summed E-state index contributed by atoms with van der Waals surface area (Å²) in [5, 5.41) is 0. The molecule has 1 atom stereocenters. The molecular formula is C21H30F2O. The van der Waals surface area contributed by atoms with Crippen molar-refractivity contribution < 1.29 is 13.5 Å². The molecule has 0 N–H and O–H groups in total. The highest BCUT2D eigenvalue weighted by Crippen LogP contribution is 2.35. The Balaban J connectivity index is 1.87. The maximum Gasteiger partial charge on any atom is 0.264 e. The van der Waals surface area contributed by atoms with Crippen LogP contribution in [0.5, 0.6) is 0 Å². The van der Waals surface area contributed by atoms with Gasteiger partial charge in [0.2, 0.25) is 0 Å². The number of allylic oxidation sites excluding steroid dienone is 2. The molecular weight excluding hydrogens is 306 g/mol. The topological polar surface area (TPSA) is 9.23 Å². The van der Waals surface area contributed by atoms with Gasteiger partial charge in [-0.3, -0.25) is 0 Å². The first-order valence-electron chi connectivity index (χ1n) is 9.24. The first kappa shape index (κ1) is 19.1. The van der Waals surface area contributed by atoms with Gasteiger partial charge in [0.15, 0.2) is 0 Å². The van der Waals surface area contributed by atoms with Crippen LogP contribution in [-0.4, -0.2) is 12.5 Å². The molecule has 0 spiro atoms. The minimum absolute atomic E-state index is 0.0223. The number of ether oxygens (including phenoxy) is 1. The summed E-state index contributed by atoms with van der Waals surface area (Å²) >= 11 is 0. The van der Waals surface area contributed by atoms with E-state index in [0.29, 0.717) is 5.92 Å². The highest BCUT2D eigenvalue weighted by molar-refractivity contribution is 5.22.